The highest BCUT2D eigenvalue weighted by Gasteiger charge is 2.50. The van der Waals surface area contributed by atoms with Crippen LogP contribution in [0.3, 0.4) is 0 Å². The summed E-state index contributed by atoms with van der Waals surface area (Å²) in [5.74, 6) is 0.560. The third-order valence-electron chi connectivity index (χ3n) is 5.88. The van der Waals surface area contributed by atoms with E-state index < -0.39 is 0 Å². The van der Waals surface area contributed by atoms with Gasteiger partial charge in [0.05, 0.1) is 24.9 Å². The number of para-hydroxylation sites is 1. The van der Waals surface area contributed by atoms with Crippen molar-refractivity contribution in [3.63, 3.8) is 0 Å². The van der Waals surface area contributed by atoms with Gasteiger partial charge in [0.25, 0.3) is 0 Å². The number of aromatic nitrogens is 7. The van der Waals surface area contributed by atoms with Crippen molar-refractivity contribution in [3.05, 3.63) is 67.3 Å². The van der Waals surface area contributed by atoms with E-state index in [-0.39, 0.29) is 36.3 Å². The first-order valence-electron chi connectivity index (χ1n) is 11.0. The van der Waals surface area contributed by atoms with Gasteiger partial charge >= 0.3 is 12.0 Å². The number of fused-ring (bicyclic) bond motifs is 1. The van der Waals surface area contributed by atoms with Crippen molar-refractivity contribution in [2.75, 3.05) is 18.5 Å². The molecule has 178 valence electrons. The summed E-state index contributed by atoms with van der Waals surface area (Å²) in [5.41, 5.74) is 1.55. The van der Waals surface area contributed by atoms with Crippen molar-refractivity contribution in [3.8, 4) is 17.4 Å². The van der Waals surface area contributed by atoms with Crippen LogP contribution >= 0.6 is 0 Å². The number of urea groups is 1. The number of tetrazole rings is 1. The SMILES string of the molecule is O=C(Nc1ccccc1)NC1COC2C1OCC2n1nnnc1Oc1ccc(-n2cncn2)cc1. The molecule has 0 saturated carbocycles. The standard InChI is InChI=1S/C22H21N9O4/c32-21(25-14-4-2-1-3-5-14)26-17-10-33-20-18(11-34-19(17)20)31-22(27-28-29-31)35-16-8-6-15(7-9-16)30-13-23-12-24-30/h1-9,12-13,17-20H,10-11H2,(H2,25,26,32). The van der Waals surface area contributed by atoms with Crippen molar-refractivity contribution < 1.29 is 19.0 Å². The van der Waals surface area contributed by atoms with E-state index in [2.05, 4.69) is 36.2 Å². The lowest BCUT2D eigenvalue weighted by Gasteiger charge is -2.18. The van der Waals surface area contributed by atoms with E-state index in [1.54, 1.807) is 27.8 Å². The van der Waals surface area contributed by atoms with Crippen molar-refractivity contribution in [2.24, 2.45) is 0 Å². The van der Waals surface area contributed by atoms with Gasteiger partial charge in [0.2, 0.25) is 0 Å². The van der Waals surface area contributed by atoms with E-state index in [9.17, 15) is 4.79 Å². The summed E-state index contributed by atoms with van der Waals surface area (Å²) in [6.07, 6.45) is 2.41. The fourth-order valence-corrected chi connectivity index (χ4v) is 4.24. The maximum atomic E-state index is 12.4. The Kier molecular flexibility index (Phi) is 5.52. The smallest absolute Gasteiger partial charge is 0.341 e. The molecule has 0 radical (unpaired) electrons. The lowest BCUT2D eigenvalue weighted by Crippen LogP contribution is -2.45. The molecule has 2 aliphatic heterocycles. The zero-order valence-corrected chi connectivity index (χ0v) is 18.3. The number of benzene rings is 2. The highest BCUT2D eigenvalue weighted by Crippen LogP contribution is 2.36. The Morgan fingerprint density at radius 2 is 1.86 bits per heavy atom. The van der Waals surface area contributed by atoms with Crippen LogP contribution in [0.25, 0.3) is 5.69 Å². The van der Waals surface area contributed by atoms with Crippen LogP contribution in [-0.2, 0) is 9.47 Å². The molecule has 13 nitrogen and oxygen atoms in total. The van der Waals surface area contributed by atoms with Crippen LogP contribution in [0.2, 0.25) is 0 Å². The van der Waals surface area contributed by atoms with Gasteiger partial charge in [-0.05, 0) is 46.8 Å². The van der Waals surface area contributed by atoms with Crippen LogP contribution < -0.4 is 15.4 Å². The van der Waals surface area contributed by atoms with Gasteiger partial charge in [0, 0.05) is 5.69 Å². The van der Waals surface area contributed by atoms with E-state index in [0.717, 1.165) is 5.69 Å². The largest absolute Gasteiger partial charge is 0.423 e. The van der Waals surface area contributed by atoms with Crippen LogP contribution in [0.1, 0.15) is 6.04 Å². The minimum Gasteiger partial charge on any atom is -0.423 e. The molecule has 0 spiro atoms. The van der Waals surface area contributed by atoms with Crippen molar-refractivity contribution in [1.29, 1.82) is 0 Å². The molecule has 2 amide bonds. The number of nitrogens with one attached hydrogen (secondary N) is 2. The minimum absolute atomic E-state index is 0.217. The number of hydrogen-bond donors (Lipinski definition) is 2. The first-order chi connectivity index (χ1) is 17.2. The second kappa shape index (κ2) is 9.12. The Hall–Kier alpha value is -4.36. The first kappa shape index (κ1) is 21.2. The Bertz CT molecular complexity index is 1280. The van der Waals surface area contributed by atoms with Gasteiger partial charge in [-0.1, -0.05) is 23.3 Å². The molecule has 35 heavy (non-hydrogen) atoms. The highest BCUT2D eigenvalue weighted by atomic mass is 16.6. The summed E-state index contributed by atoms with van der Waals surface area (Å²) in [7, 11) is 0. The van der Waals surface area contributed by atoms with Crippen molar-refractivity contribution in [2.45, 2.75) is 24.3 Å². The predicted octanol–water partition coefficient (Wildman–Crippen LogP) is 1.58. The lowest BCUT2D eigenvalue weighted by atomic mass is 10.1. The number of amides is 2. The minimum atomic E-state index is -0.336. The number of carbonyl (C=O) groups is 1. The van der Waals surface area contributed by atoms with Gasteiger partial charge < -0.3 is 24.8 Å². The average molecular weight is 475 g/mol. The molecule has 2 fully saturated rings. The number of carbonyl (C=O) groups excluding carboxylic acids is 1. The molecular formula is C22H21N9O4. The van der Waals surface area contributed by atoms with Gasteiger partial charge in [-0.3, -0.25) is 0 Å². The molecule has 0 bridgehead atoms. The molecule has 2 N–H and O–H groups in total. The maximum Gasteiger partial charge on any atom is 0.341 e. The molecule has 2 aromatic carbocycles. The number of anilines is 1. The van der Waals surface area contributed by atoms with Crippen LogP contribution in [0.4, 0.5) is 10.5 Å². The Balaban J connectivity index is 1.10. The monoisotopic (exact) mass is 475 g/mol. The fourth-order valence-electron chi connectivity index (χ4n) is 4.24. The maximum absolute atomic E-state index is 12.4. The molecule has 2 saturated heterocycles. The van der Waals surface area contributed by atoms with Gasteiger partial charge in [0.15, 0.2) is 0 Å². The normalized spacial score (nSPS) is 23.1. The predicted molar refractivity (Wildman–Crippen MR) is 120 cm³/mol. The lowest BCUT2D eigenvalue weighted by molar-refractivity contribution is 0.0613. The van der Waals surface area contributed by atoms with Gasteiger partial charge in [-0.25, -0.2) is 14.5 Å². The van der Waals surface area contributed by atoms with Gasteiger partial charge in [0.1, 0.15) is 36.7 Å². The summed E-state index contributed by atoms with van der Waals surface area (Å²) < 4.78 is 21.1. The number of rotatable bonds is 6. The molecule has 2 aromatic heterocycles. The Labute approximate surface area is 199 Å². The average Bonchev–Trinajstić information content (AvgIpc) is 3.67. The van der Waals surface area contributed by atoms with E-state index >= 15 is 0 Å². The van der Waals surface area contributed by atoms with Gasteiger partial charge in [-0.2, -0.15) is 9.78 Å². The van der Waals surface area contributed by atoms with E-state index in [1.807, 2.05) is 42.5 Å². The third kappa shape index (κ3) is 4.29. The Morgan fingerprint density at radius 1 is 1.03 bits per heavy atom. The molecule has 4 heterocycles. The molecule has 4 unspecified atom stereocenters. The van der Waals surface area contributed by atoms with E-state index in [4.69, 9.17) is 14.2 Å². The number of nitrogens with zero attached hydrogens (tertiary/aromatic N) is 7. The summed E-state index contributed by atoms with van der Waals surface area (Å²) in [4.78, 5) is 16.4. The molecule has 2 aliphatic rings. The highest BCUT2D eigenvalue weighted by molar-refractivity contribution is 5.89. The zero-order chi connectivity index (χ0) is 23.6. The van der Waals surface area contributed by atoms with Crippen LogP contribution in [0.15, 0.2) is 67.3 Å². The zero-order valence-electron chi connectivity index (χ0n) is 18.3. The summed E-state index contributed by atoms with van der Waals surface area (Å²) >= 11 is 0. The first-order valence-corrected chi connectivity index (χ1v) is 11.0. The van der Waals surface area contributed by atoms with E-state index in [1.165, 1.54) is 6.33 Å². The molecule has 13 heteroatoms. The quantitative estimate of drug-likeness (QED) is 0.425. The molecule has 0 aliphatic carbocycles. The third-order valence-corrected chi connectivity index (χ3v) is 5.88. The topological polar surface area (TPSA) is 143 Å². The summed E-state index contributed by atoms with van der Waals surface area (Å²) in [6.45, 7) is 0.635. The number of hydrogen-bond acceptors (Lipinski definition) is 9. The summed E-state index contributed by atoms with van der Waals surface area (Å²) in [5, 5.41) is 21.7. The molecular weight excluding hydrogens is 454 g/mol. The molecule has 4 aromatic rings. The van der Waals surface area contributed by atoms with Crippen LogP contribution in [0.5, 0.6) is 11.8 Å². The Morgan fingerprint density at radius 3 is 2.66 bits per heavy atom. The summed E-state index contributed by atoms with van der Waals surface area (Å²) in [6, 6.07) is 15.8. The molecule has 4 atom stereocenters. The second-order valence-corrected chi connectivity index (χ2v) is 8.08. The van der Waals surface area contributed by atoms with Crippen LogP contribution in [-0.4, -0.2) is 72.5 Å². The second-order valence-electron chi connectivity index (χ2n) is 8.08. The van der Waals surface area contributed by atoms with Gasteiger partial charge in [-0.15, -0.1) is 0 Å². The van der Waals surface area contributed by atoms with Crippen molar-refractivity contribution >= 4 is 11.7 Å². The molecule has 6 rings (SSSR count). The number of ether oxygens (including phenoxy) is 3. The fraction of sp³-hybridized carbons (Fsp3) is 0.273. The van der Waals surface area contributed by atoms with Crippen LogP contribution in [0, 0.1) is 0 Å². The van der Waals surface area contributed by atoms with Crippen molar-refractivity contribution in [1.82, 2.24) is 40.3 Å². The van der Waals surface area contributed by atoms with E-state index in [0.29, 0.717) is 24.7 Å².